The summed E-state index contributed by atoms with van der Waals surface area (Å²) in [6, 6.07) is 17.5. The number of hydrogen-bond donors (Lipinski definition) is 1. The fourth-order valence-electron chi connectivity index (χ4n) is 4.51. The molecule has 1 atom stereocenters. The lowest BCUT2D eigenvalue weighted by atomic mass is 9.76. The van der Waals surface area contributed by atoms with Crippen LogP contribution >= 0.6 is 0 Å². The average molecular weight is 460 g/mol. The molecule has 2 amide bonds. The molecule has 0 spiro atoms. The molecule has 9 heteroatoms. The van der Waals surface area contributed by atoms with Crippen molar-refractivity contribution in [3.63, 3.8) is 0 Å². The molecule has 1 saturated heterocycles. The van der Waals surface area contributed by atoms with Crippen molar-refractivity contribution in [2.24, 2.45) is 0 Å². The summed E-state index contributed by atoms with van der Waals surface area (Å²) >= 11 is 0. The number of β-lactam (4-membered cyclic amide) rings is 1. The molecule has 3 aromatic carbocycles. The zero-order valence-corrected chi connectivity index (χ0v) is 18.2. The molecule has 0 bridgehead atoms. The molecule has 3 aliphatic rings. The van der Waals surface area contributed by atoms with Crippen molar-refractivity contribution in [1.82, 2.24) is 0 Å². The minimum Gasteiger partial charge on any atom is -0.497 e. The van der Waals surface area contributed by atoms with Gasteiger partial charge in [0.1, 0.15) is 5.75 Å². The standard InChI is InChI=1S/C25H20N2O7/c1-30-18-6-2-15(3-7-18)25(24(29)26-16-4-8-19-21(10-16)33-13-31-19)12-23(28)27(25)17-5-9-20-22(11-17)34-14-32-20/h2-11H,12-14H2,1H3,(H,26,29). The molecule has 3 heterocycles. The maximum Gasteiger partial charge on any atom is 0.255 e. The summed E-state index contributed by atoms with van der Waals surface area (Å²) in [5.41, 5.74) is 0.459. The van der Waals surface area contributed by atoms with Crippen molar-refractivity contribution in [2.75, 3.05) is 30.9 Å². The SMILES string of the molecule is COc1ccc(C2(C(=O)Nc3ccc4c(c3)OCO4)CC(=O)N2c2ccc3c(c2)OCO3)cc1. The summed E-state index contributed by atoms with van der Waals surface area (Å²) in [7, 11) is 1.57. The van der Waals surface area contributed by atoms with Crippen molar-refractivity contribution in [2.45, 2.75) is 12.0 Å². The Labute approximate surface area is 194 Å². The van der Waals surface area contributed by atoms with Crippen LogP contribution in [0, 0.1) is 0 Å². The van der Waals surface area contributed by atoms with E-state index >= 15 is 0 Å². The first kappa shape index (κ1) is 20.2. The number of fused-ring (bicyclic) bond motifs is 2. The second kappa shape index (κ2) is 7.58. The van der Waals surface area contributed by atoms with Crippen LogP contribution in [0.15, 0.2) is 60.7 Å². The van der Waals surface area contributed by atoms with Gasteiger partial charge in [-0.05, 0) is 42.0 Å². The monoisotopic (exact) mass is 460 g/mol. The van der Waals surface area contributed by atoms with E-state index in [-0.39, 0.29) is 31.8 Å². The van der Waals surface area contributed by atoms with Crippen molar-refractivity contribution >= 4 is 23.2 Å². The van der Waals surface area contributed by atoms with Gasteiger partial charge in [-0.3, -0.25) is 14.5 Å². The van der Waals surface area contributed by atoms with Crippen molar-refractivity contribution in [1.29, 1.82) is 0 Å². The summed E-state index contributed by atoms with van der Waals surface area (Å²) in [5.74, 6) is 2.39. The molecule has 6 rings (SSSR count). The van der Waals surface area contributed by atoms with Crippen LogP contribution in [0.3, 0.4) is 0 Å². The number of anilines is 2. The van der Waals surface area contributed by atoms with E-state index in [9.17, 15) is 9.59 Å². The molecule has 0 radical (unpaired) electrons. The van der Waals surface area contributed by atoms with Crippen LogP contribution in [0.25, 0.3) is 0 Å². The third kappa shape index (κ3) is 3.01. The maximum atomic E-state index is 13.9. The number of carbonyl (C=O) groups is 2. The topological polar surface area (TPSA) is 95.6 Å². The summed E-state index contributed by atoms with van der Waals surface area (Å²) in [6.45, 7) is 0.246. The van der Waals surface area contributed by atoms with Crippen LogP contribution in [0.5, 0.6) is 28.7 Å². The minimum absolute atomic E-state index is 0.00412. The van der Waals surface area contributed by atoms with Crippen LogP contribution in [0.4, 0.5) is 11.4 Å². The Kier molecular flexibility index (Phi) is 4.51. The quantitative estimate of drug-likeness (QED) is 0.583. The van der Waals surface area contributed by atoms with Crippen molar-refractivity contribution in [3.8, 4) is 28.7 Å². The number of hydrogen-bond acceptors (Lipinski definition) is 7. The highest BCUT2D eigenvalue weighted by Crippen LogP contribution is 2.48. The molecular formula is C25H20N2O7. The Morgan fingerprint density at radius 3 is 2.21 bits per heavy atom. The second-order valence-electron chi connectivity index (χ2n) is 8.05. The van der Waals surface area contributed by atoms with Gasteiger partial charge in [-0.2, -0.15) is 0 Å². The van der Waals surface area contributed by atoms with E-state index < -0.39 is 5.54 Å². The number of ether oxygens (including phenoxy) is 5. The second-order valence-corrected chi connectivity index (χ2v) is 8.05. The maximum absolute atomic E-state index is 13.9. The lowest BCUT2D eigenvalue weighted by Gasteiger charge is -2.50. The van der Waals surface area contributed by atoms with E-state index in [1.54, 1.807) is 67.8 Å². The Hall–Kier alpha value is -4.40. The van der Waals surface area contributed by atoms with E-state index in [0.717, 1.165) is 0 Å². The zero-order chi connectivity index (χ0) is 23.3. The van der Waals surface area contributed by atoms with E-state index in [1.165, 1.54) is 4.90 Å². The number of rotatable bonds is 5. The van der Waals surface area contributed by atoms with Gasteiger partial charge in [0, 0.05) is 23.5 Å². The van der Waals surface area contributed by atoms with Gasteiger partial charge in [-0.15, -0.1) is 0 Å². The van der Waals surface area contributed by atoms with Crippen LogP contribution < -0.4 is 33.9 Å². The van der Waals surface area contributed by atoms with Gasteiger partial charge >= 0.3 is 0 Å². The van der Waals surface area contributed by atoms with Crippen LogP contribution in [0.1, 0.15) is 12.0 Å². The number of amides is 2. The van der Waals surface area contributed by atoms with E-state index in [0.29, 0.717) is 45.7 Å². The summed E-state index contributed by atoms with van der Waals surface area (Å²) in [4.78, 5) is 28.3. The molecule has 34 heavy (non-hydrogen) atoms. The summed E-state index contributed by atoms with van der Waals surface area (Å²) in [5, 5.41) is 2.96. The highest BCUT2D eigenvalue weighted by molar-refractivity contribution is 6.17. The molecule has 1 unspecified atom stereocenters. The highest BCUT2D eigenvalue weighted by Gasteiger charge is 2.58. The van der Waals surface area contributed by atoms with E-state index in [1.807, 2.05) is 0 Å². The molecule has 3 aromatic rings. The Bertz CT molecular complexity index is 1310. The number of carbonyl (C=O) groups excluding carboxylic acids is 2. The molecule has 3 aliphatic heterocycles. The van der Waals surface area contributed by atoms with Crippen LogP contribution in [-0.2, 0) is 15.1 Å². The lowest BCUT2D eigenvalue weighted by molar-refractivity contribution is -0.137. The summed E-state index contributed by atoms with van der Waals surface area (Å²) in [6.07, 6.45) is 0.00412. The Balaban J connectivity index is 1.41. The third-order valence-corrected chi connectivity index (χ3v) is 6.23. The predicted molar refractivity (Wildman–Crippen MR) is 121 cm³/mol. The first-order chi connectivity index (χ1) is 16.6. The largest absolute Gasteiger partial charge is 0.497 e. The number of benzene rings is 3. The number of nitrogens with one attached hydrogen (secondary N) is 1. The highest BCUT2D eigenvalue weighted by atomic mass is 16.7. The van der Waals surface area contributed by atoms with Crippen molar-refractivity contribution < 1.29 is 33.3 Å². The Morgan fingerprint density at radius 2 is 1.53 bits per heavy atom. The zero-order valence-electron chi connectivity index (χ0n) is 18.2. The van der Waals surface area contributed by atoms with Gasteiger partial charge in [0.05, 0.1) is 13.5 Å². The first-order valence-corrected chi connectivity index (χ1v) is 10.7. The van der Waals surface area contributed by atoms with Gasteiger partial charge in [-0.25, -0.2) is 0 Å². The predicted octanol–water partition coefficient (Wildman–Crippen LogP) is 3.42. The molecular weight excluding hydrogens is 440 g/mol. The van der Waals surface area contributed by atoms with Gasteiger partial charge in [0.25, 0.3) is 5.91 Å². The fraction of sp³-hybridized carbons (Fsp3) is 0.200. The van der Waals surface area contributed by atoms with Crippen LogP contribution in [-0.4, -0.2) is 32.5 Å². The normalized spacial score (nSPS) is 19.6. The van der Waals surface area contributed by atoms with Crippen molar-refractivity contribution in [3.05, 3.63) is 66.2 Å². The van der Waals surface area contributed by atoms with Gasteiger partial charge in [0.2, 0.25) is 19.5 Å². The smallest absolute Gasteiger partial charge is 0.255 e. The van der Waals surface area contributed by atoms with Gasteiger partial charge in [0.15, 0.2) is 28.5 Å². The molecule has 0 aromatic heterocycles. The molecule has 0 aliphatic carbocycles. The molecule has 1 fully saturated rings. The van der Waals surface area contributed by atoms with E-state index in [4.69, 9.17) is 23.7 Å². The molecule has 9 nitrogen and oxygen atoms in total. The molecule has 172 valence electrons. The summed E-state index contributed by atoms with van der Waals surface area (Å²) < 4.78 is 26.9. The minimum atomic E-state index is -1.27. The lowest BCUT2D eigenvalue weighted by Crippen LogP contribution is -2.67. The first-order valence-electron chi connectivity index (χ1n) is 10.7. The molecule has 0 saturated carbocycles. The van der Waals surface area contributed by atoms with Gasteiger partial charge < -0.3 is 29.0 Å². The fourth-order valence-corrected chi connectivity index (χ4v) is 4.51. The molecule has 1 N–H and O–H groups in total. The van der Waals surface area contributed by atoms with E-state index in [2.05, 4.69) is 5.32 Å². The average Bonchev–Trinajstić information content (AvgIpc) is 3.51. The third-order valence-electron chi connectivity index (χ3n) is 6.23. The van der Waals surface area contributed by atoms with Gasteiger partial charge in [-0.1, -0.05) is 12.1 Å². The van der Waals surface area contributed by atoms with Crippen LogP contribution in [0.2, 0.25) is 0 Å². The number of methoxy groups -OCH3 is 1. The number of nitrogens with zero attached hydrogens (tertiary/aromatic N) is 1. The Morgan fingerprint density at radius 1 is 0.882 bits per heavy atom.